The lowest BCUT2D eigenvalue weighted by atomic mass is 10.0. The van der Waals surface area contributed by atoms with Gasteiger partial charge >= 0.3 is 0 Å². The van der Waals surface area contributed by atoms with Crippen LogP contribution in [0.3, 0.4) is 0 Å². The molecule has 0 saturated carbocycles. The second kappa shape index (κ2) is 6.01. The Hall–Kier alpha value is -1.94. The van der Waals surface area contributed by atoms with Gasteiger partial charge in [0.05, 0.1) is 5.69 Å². The smallest absolute Gasteiger partial charge is 0.256 e. The van der Waals surface area contributed by atoms with E-state index in [2.05, 4.69) is 5.32 Å². The molecule has 0 heterocycles. The van der Waals surface area contributed by atoms with Crippen LogP contribution in [-0.2, 0) is 0 Å². The molecule has 2 rings (SSSR count). The lowest BCUT2D eigenvalue weighted by molar-refractivity contribution is 0.102. The van der Waals surface area contributed by atoms with Crippen LogP contribution in [0.2, 0.25) is 0 Å². The third-order valence-electron chi connectivity index (χ3n) is 3.21. The maximum atomic E-state index is 12.4. The van der Waals surface area contributed by atoms with Crippen molar-refractivity contribution in [2.24, 2.45) is 0 Å². The SMILES string of the molecule is CSc1ccccc1NC(=O)c1cc(N)c(C)cc1C. The van der Waals surface area contributed by atoms with Crippen molar-refractivity contribution >= 4 is 29.0 Å². The molecule has 2 aromatic carbocycles. The van der Waals surface area contributed by atoms with Crippen LogP contribution < -0.4 is 11.1 Å². The Morgan fingerprint density at radius 2 is 1.85 bits per heavy atom. The van der Waals surface area contributed by atoms with Gasteiger partial charge in [-0.1, -0.05) is 18.2 Å². The lowest BCUT2D eigenvalue weighted by Crippen LogP contribution is -2.14. The van der Waals surface area contributed by atoms with E-state index in [1.807, 2.05) is 50.4 Å². The predicted octanol–water partition coefficient (Wildman–Crippen LogP) is 3.86. The molecule has 0 spiro atoms. The first-order valence-corrected chi connectivity index (χ1v) is 7.56. The van der Waals surface area contributed by atoms with Gasteiger partial charge < -0.3 is 11.1 Å². The molecule has 0 aliphatic heterocycles. The fraction of sp³-hybridized carbons (Fsp3) is 0.188. The molecule has 20 heavy (non-hydrogen) atoms. The number of carbonyl (C=O) groups excluding carboxylic acids is 1. The van der Waals surface area contributed by atoms with Gasteiger partial charge in [0.1, 0.15) is 0 Å². The van der Waals surface area contributed by atoms with Crippen LogP contribution in [0.4, 0.5) is 11.4 Å². The Labute approximate surface area is 123 Å². The third kappa shape index (κ3) is 2.96. The molecule has 0 atom stereocenters. The minimum Gasteiger partial charge on any atom is -0.398 e. The zero-order valence-electron chi connectivity index (χ0n) is 11.9. The van der Waals surface area contributed by atoms with Crippen LogP contribution in [-0.4, -0.2) is 12.2 Å². The molecule has 0 aliphatic carbocycles. The number of nitrogens with one attached hydrogen (secondary N) is 1. The number of amides is 1. The summed E-state index contributed by atoms with van der Waals surface area (Å²) in [6, 6.07) is 11.4. The first-order chi connectivity index (χ1) is 9.52. The summed E-state index contributed by atoms with van der Waals surface area (Å²) in [6.45, 7) is 3.86. The highest BCUT2D eigenvalue weighted by Gasteiger charge is 2.12. The normalized spacial score (nSPS) is 10.3. The van der Waals surface area contributed by atoms with Gasteiger partial charge in [0.25, 0.3) is 5.91 Å². The second-order valence-corrected chi connectivity index (χ2v) is 5.53. The minimum atomic E-state index is -0.129. The predicted molar refractivity (Wildman–Crippen MR) is 86.5 cm³/mol. The number of aryl methyl sites for hydroxylation is 2. The summed E-state index contributed by atoms with van der Waals surface area (Å²) in [5.41, 5.74) is 9.88. The molecule has 2 aromatic rings. The van der Waals surface area contributed by atoms with Crippen LogP contribution in [0.1, 0.15) is 21.5 Å². The molecule has 0 fully saturated rings. The van der Waals surface area contributed by atoms with Crippen molar-refractivity contribution in [1.82, 2.24) is 0 Å². The van der Waals surface area contributed by atoms with Gasteiger partial charge in [0, 0.05) is 16.1 Å². The van der Waals surface area contributed by atoms with Gasteiger partial charge in [-0.25, -0.2) is 0 Å². The van der Waals surface area contributed by atoms with E-state index in [-0.39, 0.29) is 5.91 Å². The van der Waals surface area contributed by atoms with Crippen molar-refractivity contribution in [3.63, 3.8) is 0 Å². The van der Waals surface area contributed by atoms with Crippen molar-refractivity contribution in [3.05, 3.63) is 53.1 Å². The van der Waals surface area contributed by atoms with Gasteiger partial charge in [-0.3, -0.25) is 4.79 Å². The van der Waals surface area contributed by atoms with Gasteiger partial charge in [-0.05, 0) is 49.4 Å². The highest BCUT2D eigenvalue weighted by atomic mass is 32.2. The maximum absolute atomic E-state index is 12.4. The standard InChI is InChI=1S/C16H18N2OS/c1-10-8-11(2)13(17)9-12(10)16(19)18-14-6-4-5-7-15(14)20-3/h4-9H,17H2,1-3H3,(H,18,19). The molecule has 4 heteroatoms. The topological polar surface area (TPSA) is 55.1 Å². The van der Waals surface area contributed by atoms with E-state index < -0.39 is 0 Å². The molecule has 3 nitrogen and oxygen atoms in total. The third-order valence-corrected chi connectivity index (χ3v) is 4.01. The summed E-state index contributed by atoms with van der Waals surface area (Å²) < 4.78 is 0. The minimum absolute atomic E-state index is 0.129. The van der Waals surface area contributed by atoms with Crippen molar-refractivity contribution in [3.8, 4) is 0 Å². The fourth-order valence-electron chi connectivity index (χ4n) is 2.05. The Kier molecular flexibility index (Phi) is 4.35. The molecule has 0 unspecified atom stereocenters. The number of anilines is 2. The summed E-state index contributed by atoms with van der Waals surface area (Å²) in [4.78, 5) is 13.4. The Morgan fingerprint density at radius 3 is 2.55 bits per heavy atom. The summed E-state index contributed by atoms with van der Waals surface area (Å²) in [6.07, 6.45) is 1.99. The monoisotopic (exact) mass is 286 g/mol. The Morgan fingerprint density at radius 1 is 1.15 bits per heavy atom. The van der Waals surface area contributed by atoms with Gasteiger partial charge in [-0.15, -0.1) is 11.8 Å². The molecule has 0 radical (unpaired) electrons. The molecular weight excluding hydrogens is 268 g/mol. The van der Waals surface area contributed by atoms with Gasteiger partial charge in [-0.2, -0.15) is 0 Å². The summed E-state index contributed by atoms with van der Waals surface area (Å²) in [5, 5.41) is 2.95. The van der Waals surface area contributed by atoms with Gasteiger partial charge in [0.2, 0.25) is 0 Å². The first-order valence-electron chi connectivity index (χ1n) is 6.34. The summed E-state index contributed by atoms with van der Waals surface area (Å²) >= 11 is 1.60. The molecule has 1 amide bonds. The van der Waals surface area contributed by atoms with Crippen LogP contribution in [0, 0.1) is 13.8 Å². The number of thioether (sulfide) groups is 1. The second-order valence-electron chi connectivity index (χ2n) is 4.68. The van der Waals surface area contributed by atoms with Crippen molar-refractivity contribution < 1.29 is 4.79 Å². The average Bonchev–Trinajstić information content (AvgIpc) is 2.43. The van der Waals surface area contributed by atoms with E-state index in [9.17, 15) is 4.79 Å². The number of benzene rings is 2. The number of carbonyl (C=O) groups is 1. The van der Waals surface area contributed by atoms with Crippen molar-refractivity contribution in [1.29, 1.82) is 0 Å². The number of hydrogen-bond acceptors (Lipinski definition) is 3. The molecule has 0 aromatic heterocycles. The number of para-hydroxylation sites is 1. The number of nitrogens with two attached hydrogens (primary N) is 1. The molecule has 3 N–H and O–H groups in total. The Bertz CT molecular complexity index is 653. The van der Waals surface area contributed by atoms with Crippen molar-refractivity contribution in [2.45, 2.75) is 18.7 Å². The molecule has 104 valence electrons. The number of rotatable bonds is 3. The number of nitrogen functional groups attached to an aromatic ring is 1. The average molecular weight is 286 g/mol. The van der Waals surface area contributed by atoms with E-state index in [0.29, 0.717) is 11.3 Å². The van der Waals surface area contributed by atoms with E-state index in [1.165, 1.54) is 0 Å². The van der Waals surface area contributed by atoms with E-state index >= 15 is 0 Å². The highest BCUT2D eigenvalue weighted by Crippen LogP contribution is 2.26. The lowest BCUT2D eigenvalue weighted by Gasteiger charge is -2.12. The zero-order chi connectivity index (χ0) is 14.7. The molecular formula is C16H18N2OS. The molecule has 0 aliphatic rings. The van der Waals surface area contributed by atoms with Gasteiger partial charge in [0.15, 0.2) is 0 Å². The maximum Gasteiger partial charge on any atom is 0.256 e. The van der Waals surface area contributed by atoms with Crippen LogP contribution in [0.5, 0.6) is 0 Å². The molecule has 0 bridgehead atoms. The van der Waals surface area contributed by atoms with E-state index in [0.717, 1.165) is 21.7 Å². The van der Waals surface area contributed by atoms with E-state index in [1.54, 1.807) is 17.8 Å². The van der Waals surface area contributed by atoms with E-state index in [4.69, 9.17) is 5.73 Å². The Balaban J connectivity index is 2.31. The largest absolute Gasteiger partial charge is 0.398 e. The fourth-order valence-corrected chi connectivity index (χ4v) is 2.60. The quantitative estimate of drug-likeness (QED) is 0.665. The first kappa shape index (κ1) is 14.5. The summed E-state index contributed by atoms with van der Waals surface area (Å²) in [5.74, 6) is -0.129. The highest BCUT2D eigenvalue weighted by molar-refractivity contribution is 7.98. The zero-order valence-corrected chi connectivity index (χ0v) is 12.7. The van der Waals surface area contributed by atoms with Crippen LogP contribution in [0.25, 0.3) is 0 Å². The van der Waals surface area contributed by atoms with Crippen LogP contribution >= 0.6 is 11.8 Å². The summed E-state index contributed by atoms with van der Waals surface area (Å²) in [7, 11) is 0. The molecule has 0 saturated heterocycles. The van der Waals surface area contributed by atoms with Crippen LogP contribution in [0.15, 0.2) is 41.3 Å². The number of hydrogen-bond donors (Lipinski definition) is 2. The van der Waals surface area contributed by atoms with Crippen molar-refractivity contribution in [2.75, 3.05) is 17.3 Å².